The van der Waals surface area contributed by atoms with Crippen LogP contribution < -0.4 is 5.32 Å². The molecule has 2 N–H and O–H groups in total. The second kappa shape index (κ2) is 8.58. The number of likely N-dealkylation sites (tertiary alicyclic amines) is 1. The Morgan fingerprint density at radius 3 is 2.66 bits per heavy atom. The van der Waals surface area contributed by atoms with Crippen molar-refractivity contribution in [3.8, 4) is 0 Å². The second-order valence-electron chi connectivity index (χ2n) is 9.84. The predicted octanol–water partition coefficient (Wildman–Crippen LogP) is 2.33. The molecule has 2 unspecified atom stereocenters. The molecule has 1 saturated carbocycles. The van der Waals surface area contributed by atoms with Crippen LogP contribution in [0.3, 0.4) is 0 Å². The number of nitrogens with zero attached hydrogens (tertiary/aromatic N) is 5. The van der Waals surface area contributed by atoms with E-state index in [0.29, 0.717) is 16.3 Å². The SMILES string of the molecule is C[C@H](NC(=O)C1CC(O)CN1C(=O)[C@@H](n1cc(C2CC2)nn1)C(C)(C)C)c1cc(Br)no1. The lowest BCUT2D eigenvalue weighted by Gasteiger charge is -2.34. The van der Waals surface area contributed by atoms with E-state index >= 15 is 0 Å². The van der Waals surface area contributed by atoms with E-state index in [0.717, 1.165) is 18.5 Å². The fourth-order valence-corrected chi connectivity index (χ4v) is 4.48. The molecule has 2 amide bonds. The number of halogens is 1. The Morgan fingerprint density at radius 1 is 1.34 bits per heavy atom. The van der Waals surface area contributed by atoms with Gasteiger partial charge in [0.15, 0.2) is 5.76 Å². The summed E-state index contributed by atoms with van der Waals surface area (Å²) in [5.41, 5.74) is 0.425. The Labute approximate surface area is 194 Å². The molecular weight excluding hydrogens is 480 g/mol. The van der Waals surface area contributed by atoms with E-state index in [2.05, 4.69) is 36.7 Å². The van der Waals surface area contributed by atoms with Gasteiger partial charge in [0.2, 0.25) is 11.8 Å². The fraction of sp³-hybridized carbons (Fsp3) is 0.667. The third-order valence-corrected chi connectivity index (χ3v) is 6.37. The molecule has 10 nitrogen and oxygen atoms in total. The van der Waals surface area contributed by atoms with Crippen molar-refractivity contribution < 1.29 is 19.2 Å². The van der Waals surface area contributed by atoms with Crippen LogP contribution in [0.25, 0.3) is 0 Å². The lowest BCUT2D eigenvalue weighted by molar-refractivity contribution is -0.144. The molecule has 2 aromatic rings. The molecule has 4 atom stereocenters. The van der Waals surface area contributed by atoms with E-state index in [1.54, 1.807) is 17.7 Å². The Bertz CT molecular complexity index is 995. The number of aromatic nitrogens is 4. The topological polar surface area (TPSA) is 126 Å². The summed E-state index contributed by atoms with van der Waals surface area (Å²) in [5, 5.41) is 25.5. The molecule has 0 aromatic carbocycles. The highest BCUT2D eigenvalue weighted by atomic mass is 79.9. The van der Waals surface area contributed by atoms with E-state index in [-0.39, 0.29) is 24.8 Å². The lowest BCUT2D eigenvalue weighted by atomic mass is 9.85. The van der Waals surface area contributed by atoms with Crippen LogP contribution in [-0.2, 0) is 9.59 Å². The van der Waals surface area contributed by atoms with Crippen LogP contribution in [0, 0.1) is 5.41 Å². The summed E-state index contributed by atoms with van der Waals surface area (Å²) in [7, 11) is 0. The van der Waals surface area contributed by atoms with Crippen LogP contribution in [0.15, 0.2) is 21.4 Å². The van der Waals surface area contributed by atoms with Crippen LogP contribution in [-0.4, -0.2) is 60.7 Å². The van der Waals surface area contributed by atoms with Gasteiger partial charge in [0.25, 0.3) is 0 Å². The van der Waals surface area contributed by atoms with Gasteiger partial charge in [0, 0.05) is 31.1 Å². The van der Waals surface area contributed by atoms with Gasteiger partial charge in [-0.05, 0) is 41.1 Å². The van der Waals surface area contributed by atoms with Gasteiger partial charge in [0.05, 0.1) is 17.8 Å². The number of rotatable bonds is 6. The molecule has 0 bridgehead atoms. The molecule has 2 aliphatic rings. The zero-order valence-electron chi connectivity index (χ0n) is 18.7. The Kier molecular flexibility index (Phi) is 6.15. The van der Waals surface area contributed by atoms with Gasteiger partial charge in [-0.15, -0.1) is 5.10 Å². The minimum atomic E-state index is -0.789. The number of nitrogens with one attached hydrogen (secondary N) is 1. The average Bonchev–Trinajstić information content (AvgIpc) is 3.09. The lowest BCUT2D eigenvalue weighted by Crippen LogP contribution is -2.50. The highest BCUT2D eigenvalue weighted by Gasteiger charge is 2.45. The van der Waals surface area contributed by atoms with E-state index in [1.165, 1.54) is 4.90 Å². The molecule has 1 saturated heterocycles. The molecular formula is C21H29BrN6O4. The molecule has 2 aromatic heterocycles. The quantitative estimate of drug-likeness (QED) is 0.612. The summed E-state index contributed by atoms with van der Waals surface area (Å²) in [5.74, 6) is 0.310. The van der Waals surface area contributed by atoms with Crippen molar-refractivity contribution in [1.82, 2.24) is 30.4 Å². The van der Waals surface area contributed by atoms with E-state index in [1.807, 2.05) is 27.0 Å². The second-order valence-corrected chi connectivity index (χ2v) is 10.7. The molecule has 2 fully saturated rings. The number of carbonyl (C=O) groups excluding carboxylic acids is 2. The van der Waals surface area contributed by atoms with Crippen LogP contribution in [0.1, 0.15) is 76.4 Å². The first-order valence-electron chi connectivity index (χ1n) is 10.9. The number of amides is 2. The van der Waals surface area contributed by atoms with Gasteiger partial charge in [-0.1, -0.05) is 31.1 Å². The van der Waals surface area contributed by atoms with Crippen molar-refractivity contribution in [2.75, 3.05) is 6.54 Å². The smallest absolute Gasteiger partial charge is 0.248 e. The van der Waals surface area contributed by atoms with Crippen molar-refractivity contribution in [2.45, 2.75) is 77.1 Å². The van der Waals surface area contributed by atoms with E-state index in [4.69, 9.17) is 4.52 Å². The maximum atomic E-state index is 13.7. The minimum Gasteiger partial charge on any atom is -0.391 e. The van der Waals surface area contributed by atoms with Crippen molar-refractivity contribution in [1.29, 1.82) is 0 Å². The number of hydrogen-bond acceptors (Lipinski definition) is 7. The Hall–Kier alpha value is -2.27. The average molecular weight is 509 g/mol. The first-order valence-corrected chi connectivity index (χ1v) is 11.7. The Balaban J connectivity index is 1.54. The molecule has 174 valence electrons. The molecule has 0 spiro atoms. The maximum Gasteiger partial charge on any atom is 0.248 e. The highest BCUT2D eigenvalue weighted by molar-refractivity contribution is 9.10. The minimum absolute atomic E-state index is 0.0932. The van der Waals surface area contributed by atoms with Gasteiger partial charge < -0.3 is 19.8 Å². The number of hydrogen-bond donors (Lipinski definition) is 2. The fourth-order valence-electron chi connectivity index (χ4n) is 4.18. The molecule has 4 rings (SSSR count). The number of carbonyl (C=O) groups is 2. The van der Waals surface area contributed by atoms with Crippen LogP contribution >= 0.6 is 15.9 Å². The van der Waals surface area contributed by atoms with Gasteiger partial charge >= 0.3 is 0 Å². The monoisotopic (exact) mass is 508 g/mol. The normalized spacial score (nSPS) is 23.2. The van der Waals surface area contributed by atoms with Crippen LogP contribution in [0.4, 0.5) is 0 Å². The van der Waals surface area contributed by atoms with Gasteiger partial charge in [-0.3, -0.25) is 9.59 Å². The van der Waals surface area contributed by atoms with Gasteiger partial charge in [-0.2, -0.15) is 0 Å². The van der Waals surface area contributed by atoms with Gasteiger partial charge in [-0.25, -0.2) is 4.68 Å². The van der Waals surface area contributed by atoms with E-state index in [9.17, 15) is 14.7 Å². The Morgan fingerprint density at radius 2 is 2.06 bits per heavy atom. The number of β-amino-alcohol motifs (C(OH)–C–C–N with tert-alkyl or cyclic N) is 1. The number of aliphatic hydroxyl groups excluding tert-OH is 1. The third-order valence-electron chi connectivity index (χ3n) is 5.99. The highest BCUT2D eigenvalue weighted by Crippen LogP contribution is 2.40. The predicted molar refractivity (Wildman–Crippen MR) is 117 cm³/mol. The summed E-state index contributed by atoms with van der Waals surface area (Å²) < 4.78 is 7.34. The molecule has 11 heteroatoms. The van der Waals surface area contributed by atoms with Crippen molar-refractivity contribution in [2.24, 2.45) is 5.41 Å². The van der Waals surface area contributed by atoms with Crippen molar-refractivity contribution >= 4 is 27.7 Å². The first-order chi connectivity index (χ1) is 15.0. The summed E-state index contributed by atoms with van der Waals surface area (Å²) in [6, 6.07) is -0.200. The molecule has 0 radical (unpaired) electrons. The maximum absolute atomic E-state index is 13.7. The van der Waals surface area contributed by atoms with Crippen molar-refractivity contribution in [3.05, 3.63) is 28.3 Å². The zero-order chi connectivity index (χ0) is 23.2. The summed E-state index contributed by atoms with van der Waals surface area (Å²) in [6.07, 6.45) is 3.42. The zero-order valence-corrected chi connectivity index (χ0v) is 20.2. The van der Waals surface area contributed by atoms with Gasteiger partial charge in [0.1, 0.15) is 16.7 Å². The molecule has 3 heterocycles. The van der Waals surface area contributed by atoms with Crippen molar-refractivity contribution in [3.63, 3.8) is 0 Å². The molecule has 1 aliphatic carbocycles. The summed E-state index contributed by atoms with van der Waals surface area (Å²) in [4.78, 5) is 28.3. The first kappa shape index (κ1) is 22.9. The molecule has 1 aliphatic heterocycles. The standard InChI is InChI=1S/C21H29BrN6O4/c1-11(16-8-17(22)25-32-16)23-19(30)15-7-13(29)9-27(15)20(31)18(21(2,3)4)28-10-14(24-26-28)12-5-6-12/h8,10-13,15,18,29H,5-7,9H2,1-4H3,(H,23,30)/t11-,13?,15?,18+/m0/s1. The van der Waals surface area contributed by atoms with Crippen LogP contribution in [0.5, 0.6) is 0 Å². The summed E-state index contributed by atoms with van der Waals surface area (Å²) >= 11 is 3.22. The third kappa shape index (κ3) is 4.73. The van der Waals surface area contributed by atoms with E-state index < -0.39 is 29.6 Å². The molecule has 32 heavy (non-hydrogen) atoms. The largest absolute Gasteiger partial charge is 0.391 e. The number of aliphatic hydroxyl groups is 1. The summed E-state index contributed by atoms with van der Waals surface area (Å²) in [6.45, 7) is 7.74. The van der Waals surface area contributed by atoms with Crippen LogP contribution in [0.2, 0.25) is 0 Å².